The Morgan fingerprint density at radius 2 is 1.75 bits per heavy atom. The Balaban J connectivity index is 1.80. The van der Waals surface area contributed by atoms with Gasteiger partial charge in [-0.2, -0.15) is 0 Å². The van der Waals surface area contributed by atoms with E-state index >= 15 is 0 Å². The molecule has 0 saturated carbocycles. The van der Waals surface area contributed by atoms with E-state index in [1.54, 1.807) is 18.2 Å². The molecule has 24 heavy (non-hydrogen) atoms. The molecule has 0 fully saturated rings. The van der Waals surface area contributed by atoms with E-state index < -0.39 is 0 Å². The normalized spacial score (nSPS) is 17.5. The minimum Gasteiger partial charge on any atom is -0.490 e. The van der Waals surface area contributed by atoms with Crippen LogP contribution in [0.2, 0.25) is 5.02 Å². The Hall–Kier alpha value is -1.85. The molecule has 0 aromatic heterocycles. The van der Waals surface area contributed by atoms with Gasteiger partial charge in [-0.05, 0) is 44.7 Å². The molecule has 0 atom stereocenters. The van der Waals surface area contributed by atoms with E-state index in [1.807, 2.05) is 6.92 Å². The van der Waals surface area contributed by atoms with Gasteiger partial charge in [0, 0.05) is 23.8 Å². The van der Waals surface area contributed by atoms with Crippen molar-refractivity contribution in [1.29, 1.82) is 0 Å². The lowest BCUT2D eigenvalue weighted by Gasteiger charge is -2.17. The minimum atomic E-state index is -0.211. The molecule has 1 aliphatic heterocycles. The van der Waals surface area contributed by atoms with Gasteiger partial charge in [-0.25, -0.2) is 4.90 Å². The molecule has 0 unspecified atom stereocenters. The zero-order chi connectivity index (χ0) is 17.1. The summed E-state index contributed by atoms with van der Waals surface area (Å²) < 4.78 is 10.8. The molecule has 0 saturated heterocycles. The second-order valence-electron chi connectivity index (χ2n) is 5.77. The van der Waals surface area contributed by atoms with Crippen LogP contribution in [0.4, 0.5) is 5.69 Å². The van der Waals surface area contributed by atoms with Crippen molar-refractivity contribution in [2.75, 3.05) is 24.7 Å². The molecule has 1 aliphatic carbocycles. The summed E-state index contributed by atoms with van der Waals surface area (Å²) in [6.45, 7) is 3.33. The predicted molar refractivity (Wildman–Crippen MR) is 91.4 cm³/mol. The van der Waals surface area contributed by atoms with Crippen LogP contribution in [0.1, 0.15) is 32.6 Å². The number of nitrogens with zero attached hydrogens (tertiary/aromatic N) is 1. The first kappa shape index (κ1) is 17.0. The first-order valence-corrected chi connectivity index (χ1v) is 8.62. The highest BCUT2D eigenvalue weighted by Gasteiger charge is 2.39. The number of hydrogen-bond donors (Lipinski definition) is 0. The van der Waals surface area contributed by atoms with Gasteiger partial charge in [-0.15, -0.1) is 0 Å². The van der Waals surface area contributed by atoms with E-state index in [0.717, 1.165) is 12.8 Å². The average molecular weight is 350 g/mol. The zero-order valence-corrected chi connectivity index (χ0v) is 14.4. The standard InChI is InChI=1S/C18H20ClNO4/c1-2-23-9-10-24-16-11-12(7-8-15(16)19)20-17(21)13-5-3-4-6-14(13)18(20)22/h7-8,11H,2-6,9-10H2,1H3. The molecule has 0 spiro atoms. The zero-order valence-electron chi connectivity index (χ0n) is 13.6. The predicted octanol–water partition coefficient (Wildman–Crippen LogP) is 3.50. The third-order valence-corrected chi connectivity index (χ3v) is 4.56. The fourth-order valence-corrected chi connectivity index (χ4v) is 3.24. The highest BCUT2D eigenvalue weighted by atomic mass is 35.5. The van der Waals surface area contributed by atoms with E-state index in [1.165, 1.54) is 4.90 Å². The molecule has 2 aliphatic rings. The van der Waals surface area contributed by atoms with E-state index in [0.29, 0.717) is 60.3 Å². The molecule has 1 aromatic rings. The number of rotatable bonds is 6. The van der Waals surface area contributed by atoms with Crippen molar-refractivity contribution in [3.8, 4) is 5.75 Å². The quantitative estimate of drug-likeness (QED) is 0.582. The SMILES string of the molecule is CCOCCOc1cc(N2C(=O)C3=C(CCCC3)C2=O)ccc1Cl. The molecule has 0 radical (unpaired) electrons. The van der Waals surface area contributed by atoms with Gasteiger partial charge in [-0.1, -0.05) is 11.6 Å². The molecule has 0 bridgehead atoms. The van der Waals surface area contributed by atoms with Gasteiger partial charge in [0.05, 0.1) is 17.3 Å². The summed E-state index contributed by atoms with van der Waals surface area (Å²) in [5, 5.41) is 0.437. The number of ether oxygens (including phenoxy) is 2. The smallest absolute Gasteiger partial charge is 0.261 e. The highest BCUT2D eigenvalue weighted by molar-refractivity contribution is 6.34. The maximum atomic E-state index is 12.6. The van der Waals surface area contributed by atoms with Crippen LogP contribution in [-0.2, 0) is 14.3 Å². The van der Waals surface area contributed by atoms with Gasteiger partial charge >= 0.3 is 0 Å². The van der Waals surface area contributed by atoms with E-state index in [-0.39, 0.29) is 11.8 Å². The van der Waals surface area contributed by atoms with Crippen molar-refractivity contribution in [2.45, 2.75) is 32.6 Å². The van der Waals surface area contributed by atoms with Crippen LogP contribution in [0, 0.1) is 0 Å². The van der Waals surface area contributed by atoms with Crippen LogP contribution < -0.4 is 9.64 Å². The van der Waals surface area contributed by atoms with Crippen LogP contribution in [0.5, 0.6) is 5.75 Å². The Labute approximate surface area is 146 Å². The van der Waals surface area contributed by atoms with Gasteiger partial charge < -0.3 is 9.47 Å². The number of hydrogen-bond acceptors (Lipinski definition) is 4. The van der Waals surface area contributed by atoms with Crippen molar-refractivity contribution in [3.05, 3.63) is 34.4 Å². The van der Waals surface area contributed by atoms with Gasteiger partial charge in [-0.3, -0.25) is 9.59 Å². The summed E-state index contributed by atoms with van der Waals surface area (Å²) in [5.74, 6) is 0.0221. The molecule has 1 aromatic carbocycles. The Morgan fingerprint density at radius 1 is 1.08 bits per heavy atom. The number of carbonyl (C=O) groups excluding carboxylic acids is 2. The summed E-state index contributed by atoms with van der Waals surface area (Å²) in [6.07, 6.45) is 3.28. The lowest BCUT2D eigenvalue weighted by Crippen LogP contribution is -2.31. The van der Waals surface area contributed by atoms with E-state index in [9.17, 15) is 9.59 Å². The molecule has 3 rings (SSSR count). The molecule has 128 valence electrons. The van der Waals surface area contributed by atoms with E-state index in [4.69, 9.17) is 21.1 Å². The fraction of sp³-hybridized carbons (Fsp3) is 0.444. The summed E-state index contributed by atoms with van der Waals surface area (Å²) in [4.78, 5) is 26.4. The van der Waals surface area contributed by atoms with Crippen molar-refractivity contribution in [3.63, 3.8) is 0 Å². The van der Waals surface area contributed by atoms with Gasteiger partial charge in [0.15, 0.2) is 0 Å². The number of halogens is 1. The van der Waals surface area contributed by atoms with Crippen molar-refractivity contribution in [1.82, 2.24) is 0 Å². The van der Waals surface area contributed by atoms with Crippen LogP contribution >= 0.6 is 11.6 Å². The third kappa shape index (κ3) is 3.19. The van der Waals surface area contributed by atoms with Crippen molar-refractivity contribution >= 4 is 29.1 Å². The molecule has 5 nitrogen and oxygen atoms in total. The molecular weight excluding hydrogens is 330 g/mol. The van der Waals surface area contributed by atoms with Gasteiger partial charge in [0.1, 0.15) is 12.4 Å². The Bertz CT molecular complexity index is 670. The first-order valence-electron chi connectivity index (χ1n) is 8.24. The lowest BCUT2D eigenvalue weighted by molar-refractivity contribution is -0.120. The van der Waals surface area contributed by atoms with Crippen LogP contribution in [0.25, 0.3) is 0 Å². The molecular formula is C18H20ClNO4. The van der Waals surface area contributed by atoms with Gasteiger partial charge in [0.2, 0.25) is 0 Å². The molecule has 0 N–H and O–H groups in total. The summed E-state index contributed by atoms with van der Waals surface area (Å²) in [5.41, 5.74) is 1.83. The molecule has 6 heteroatoms. The lowest BCUT2D eigenvalue weighted by atomic mass is 9.93. The number of anilines is 1. The topological polar surface area (TPSA) is 55.8 Å². The Morgan fingerprint density at radius 3 is 2.38 bits per heavy atom. The first-order chi connectivity index (χ1) is 11.6. The second-order valence-corrected chi connectivity index (χ2v) is 6.18. The number of imide groups is 1. The highest BCUT2D eigenvalue weighted by Crippen LogP contribution is 2.37. The summed E-state index contributed by atoms with van der Waals surface area (Å²) in [6, 6.07) is 4.96. The van der Waals surface area contributed by atoms with Crippen LogP contribution in [0.3, 0.4) is 0 Å². The minimum absolute atomic E-state index is 0.211. The van der Waals surface area contributed by atoms with Gasteiger partial charge in [0.25, 0.3) is 11.8 Å². The maximum absolute atomic E-state index is 12.6. The van der Waals surface area contributed by atoms with Crippen molar-refractivity contribution < 1.29 is 19.1 Å². The second kappa shape index (κ2) is 7.36. The fourth-order valence-electron chi connectivity index (χ4n) is 3.07. The number of benzene rings is 1. The van der Waals surface area contributed by atoms with Crippen molar-refractivity contribution in [2.24, 2.45) is 0 Å². The average Bonchev–Trinajstić information content (AvgIpc) is 2.85. The number of amides is 2. The summed E-state index contributed by atoms with van der Waals surface area (Å²) >= 11 is 6.15. The molecule has 1 heterocycles. The van der Waals surface area contributed by atoms with Crippen LogP contribution in [0.15, 0.2) is 29.3 Å². The van der Waals surface area contributed by atoms with E-state index in [2.05, 4.69) is 0 Å². The monoisotopic (exact) mass is 349 g/mol. The number of carbonyl (C=O) groups is 2. The largest absolute Gasteiger partial charge is 0.490 e. The molecule has 2 amide bonds. The maximum Gasteiger partial charge on any atom is 0.261 e. The Kier molecular flexibility index (Phi) is 5.21. The van der Waals surface area contributed by atoms with Crippen LogP contribution in [-0.4, -0.2) is 31.6 Å². The summed E-state index contributed by atoms with van der Waals surface area (Å²) in [7, 11) is 0. The third-order valence-electron chi connectivity index (χ3n) is 4.25.